The molecule has 2 aromatic carbocycles. The van der Waals surface area contributed by atoms with Crippen molar-refractivity contribution in [3.05, 3.63) is 54.4 Å². The highest BCUT2D eigenvalue weighted by molar-refractivity contribution is 5.98. The van der Waals surface area contributed by atoms with Gasteiger partial charge in [-0.1, -0.05) is 24.3 Å². The van der Waals surface area contributed by atoms with E-state index in [-0.39, 0.29) is 24.8 Å². The van der Waals surface area contributed by atoms with Crippen molar-refractivity contribution in [2.24, 2.45) is 0 Å². The highest BCUT2D eigenvalue weighted by Crippen LogP contribution is 2.31. The number of rotatable bonds is 6. The lowest BCUT2D eigenvalue weighted by atomic mass is 10.2. The van der Waals surface area contributed by atoms with E-state index in [1.807, 2.05) is 48.5 Å². The first-order valence-electron chi connectivity index (χ1n) is 9.78. The number of ether oxygens (including phenoxy) is 1. The van der Waals surface area contributed by atoms with E-state index in [1.165, 1.54) is 0 Å². The Bertz CT molecular complexity index is 1060. The van der Waals surface area contributed by atoms with E-state index in [4.69, 9.17) is 4.74 Å². The van der Waals surface area contributed by atoms with Crippen molar-refractivity contribution in [2.45, 2.75) is 26.4 Å². The number of hydrogen-bond donors (Lipinski definition) is 0. The molecule has 7 nitrogen and oxygen atoms in total. The first-order chi connectivity index (χ1) is 14.1. The second kappa shape index (κ2) is 7.95. The normalized spacial score (nSPS) is 13.3. The van der Waals surface area contributed by atoms with Crippen LogP contribution in [0, 0.1) is 0 Å². The molecule has 0 N–H and O–H groups in total. The largest absolute Gasteiger partial charge is 0.482 e. The quantitative estimate of drug-likeness (QED) is 0.647. The molecule has 7 heteroatoms. The van der Waals surface area contributed by atoms with Gasteiger partial charge >= 0.3 is 0 Å². The number of para-hydroxylation sites is 4. The summed E-state index contributed by atoms with van der Waals surface area (Å²) in [6, 6.07) is 15.4. The molecule has 29 heavy (non-hydrogen) atoms. The number of aryl methyl sites for hydroxylation is 1. The Morgan fingerprint density at radius 1 is 1.17 bits per heavy atom. The summed E-state index contributed by atoms with van der Waals surface area (Å²) in [6.45, 7) is 3.61. The van der Waals surface area contributed by atoms with Gasteiger partial charge in [0.15, 0.2) is 6.61 Å². The number of anilines is 1. The van der Waals surface area contributed by atoms with Crippen LogP contribution in [0.25, 0.3) is 11.0 Å². The minimum atomic E-state index is -0.132. The third-order valence-electron chi connectivity index (χ3n) is 5.21. The van der Waals surface area contributed by atoms with Crippen LogP contribution in [0.15, 0.2) is 48.5 Å². The Hall–Kier alpha value is -3.35. The van der Waals surface area contributed by atoms with E-state index >= 15 is 0 Å². The van der Waals surface area contributed by atoms with E-state index in [2.05, 4.69) is 16.5 Å². The summed E-state index contributed by atoms with van der Waals surface area (Å²) in [6.07, 6.45) is 0.239. The monoisotopic (exact) mass is 392 g/mol. The molecule has 0 radical (unpaired) electrons. The van der Waals surface area contributed by atoms with Crippen LogP contribution < -0.4 is 9.64 Å². The Morgan fingerprint density at radius 3 is 2.76 bits per heavy atom. The van der Waals surface area contributed by atoms with Gasteiger partial charge in [0.25, 0.3) is 5.91 Å². The van der Waals surface area contributed by atoms with Gasteiger partial charge in [0, 0.05) is 26.6 Å². The van der Waals surface area contributed by atoms with Crippen molar-refractivity contribution in [3.63, 3.8) is 0 Å². The van der Waals surface area contributed by atoms with Gasteiger partial charge in [0.05, 0.1) is 23.3 Å². The number of carbonyl (C=O) groups is 2. The molecular weight excluding hydrogens is 368 g/mol. The molecule has 2 heterocycles. The second-order valence-corrected chi connectivity index (χ2v) is 7.06. The Kier molecular flexibility index (Phi) is 5.20. The lowest BCUT2D eigenvalue weighted by Gasteiger charge is -2.29. The summed E-state index contributed by atoms with van der Waals surface area (Å²) in [5.41, 5.74) is 2.72. The summed E-state index contributed by atoms with van der Waals surface area (Å²) in [7, 11) is 1.77. The molecule has 2 amide bonds. The van der Waals surface area contributed by atoms with Crippen LogP contribution in [0.1, 0.15) is 19.2 Å². The van der Waals surface area contributed by atoms with Gasteiger partial charge in [-0.2, -0.15) is 0 Å². The molecule has 0 saturated carbocycles. The van der Waals surface area contributed by atoms with Gasteiger partial charge in [0.1, 0.15) is 11.6 Å². The predicted molar refractivity (Wildman–Crippen MR) is 111 cm³/mol. The summed E-state index contributed by atoms with van der Waals surface area (Å²) in [5, 5.41) is 0. The van der Waals surface area contributed by atoms with Crippen LogP contribution in [0.3, 0.4) is 0 Å². The molecule has 1 aliphatic rings. The zero-order valence-corrected chi connectivity index (χ0v) is 16.7. The lowest BCUT2D eigenvalue weighted by Crippen LogP contribution is -2.41. The van der Waals surface area contributed by atoms with E-state index in [0.29, 0.717) is 24.5 Å². The molecule has 0 atom stereocenters. The standard InChI is InChI=1S/C22H24N4O3/c1-3-25-17-9-5-4-8-16(17)23-20(25)14-24(2)21(27)12-13-26-18-10-6-7-11-19(18)29-15-22(26)28/h4-11H,3,12-15H2,1-2H3. The maximum absolute atomic E-state index is 12.7. The molecule has 1 aliphatic heterocycles. The van der Waals surface area contributed by atoms with Gasteiger partial charge in [-0.05, 0) is 31.2 Å². The molecule has 1 aromatic heterocycles. The van der Waals surface area contributed by atoms with E-state index in [1.54, 1.807) is 16.8 Å². The molecular formula is C22H24N4O3. The number of aromatic nitrogens is 2. The second-order valence-electron chi connectivity index (χ2n) is 7.06. The molecule has 0 bridgehead atoms. The zero-order valence-electron chi connectivity index (χ0n) is 16.7. The number of imidazole rings is 1. The Labute approximate surface area is 169 Å². The van der Waals surface area contributed by atoms with Crippen LogP contribution in [0.2, 0.25) is 0 Å². The fourth-order valence-corrected chi connectivity index (χ4v) is 3.70. The van der Waals surface area contributed by atoms with Crippen molar-refractivity contribution in [1.29, 1.82) is 0 Å². The summed E-state index contributed by atoms with van der Waals surface area (Å²) >= 11 is 0. The molecule has 0 spiro atoms. The van der Waals surface area contributed by atoms with Crippen LogP contribution in [0.5, 0.6) is 5.75 Å². The number of fused-ring (bicyclic) bond motifs is 2. The lowest BCUT2D eigenvalue weighted by molar-refractivity contribution is -0.130. The van der Waals surface area contributed by atoms with E-state index in [9.17, 15) is 9.59 Å². The molecule has 0 fully saturated rings. The fraction of sp³-hybridized carbons (Fsp3) is 0.318. The van der Waals surface area contributed by atoms with Crippen LogP contribution >= 0.6 is 0 Å². The minimum absolute atomic E-state index is 0.00156. The number of amides is 2. The molecule has 0 saturated heterocycles. The number of hydrogen-bond acceptors (Lipinski definition) is 4. The molecule has 0 unspecified atom stereocenters. The van der Waals surface area contributed by atoms with Gasteiger partial charge in [-0.25, -0.2) is 4.98 Å². The van der Waals surface area contributed by atoms with Crippen molar-refractivity contribution < 1.29 is 14.3 Å². The van der Waals surface area contributed by atoms with Gasteiger partial charge in [0.2, 0.25) is 5.91 Å². The summed E-state index contributed by atoms with van der Waals surface area (Å²) < 4.78 is 7.58. The highest BCUT2D eigenvalue weighted by Gasteiger charge is 2.26. The minimum Gasteiger partial charge on any atom is -0.482 e. The predicted octanol–water partition coefficient (Wildman–Crippen LogP) is 2.83. The maximum Gasteiger partial charge on any atom is 0.265 e. The van der Waals surface area contributed by atoms with Gasteiger partial charge in [-0.3, -0.25) is 9.59 Å². The van der Waals surface area contributed by atoms with Crippen LogP contribution in [-0.4, -0.2) is 46.5 Å². The third kappa shape index (κ3) is 3.68. The SMILES string of the molecule is CCn1c(CN(C)C(=O)CCN2C(=O)COc3ccccc32)nc2ccccc21. The first-order valence-corrected chi connectivity index (χ1v) is 9.78. The molecule has 3 aromatic rings. The average molecular weight is 392 g/mol. The molecule has 0 aliphatic carbocycles. The topological polar surface area (TPSA) is 67.7 Å². The Morgan fingerprint density at radius 2 is 1.93 bits per heavy atom. The van der Waals surface area contributed by atoms with E-state index < -0.39 is 0 Å². The van der Waals surface area contributed by atoms with Gasteiger partial charge in [-0.15, -0.1) is 0 Å². The zero-order chi connectivity index (χ0) is 20.4. The summed E-state index contributed by atoms with van der Waals surface area (Å²) in [4.78, 5) is 33.0. The average Bonchev–Trinajstić information content (AvgIpc) is 3.09. The van der Waals surface area contributed by atoms with Crippen molar-refractivity contribution in [1.82, 2.24) is 14.5 Å². The number of carbonyl (C=O) groups excluding carboxylic acids is 2. The highest BCUT2D eigenvalue weighted by atomic mass is 16.5. The molecule has 4 rings (SSSR count). The van der Waals surface area contributed by atoms with Crippen molar-refractivity contribution in [2.75, 3.05) is 25.1 Å². The van der Waals surface area contributed by atoms with Crippen molar-refractivity contribution in [3.8, 4) is 5.75 Å². The number of nitrogens with zero attached hydrogens (tertiary/aromatic N) is 4. The third-order valence-corrected chi connectivity index (χ3v) is 5.21. The van der Waals surface area contributed by atoms with Gasteiger partial charge < -0.3 is 19.1 Å². The van der Waals surface area contributed by atoms with Crippen LogP contribution in [0.4, 0.5) is 5.69 Å². The Balaban J connectivity index is 1.44. The summed E-state index contributed by atoms with van der Waals surface area (Å²) in [5.74, 6) is 1.37. The first kappa shape index (κ1) is 19.0. The maximum atomic E-state index is 12.7. The number of benzene rings is 2. The van der Waals surface area contributed by atoms with Crippen LogP contribution in [-0.2, 0) is 22.7 Å². The van der Waals surface area contributed by atoms with E-state index in [0.717, 1.165) is 23.4 Å². The fourth-order valence-electron chi connectivity index (χ4n) is 3.70. The molecule has 150 valence electrons. The smallest absolute Gasteiger partial charge is 0.265 e. The van der Waals surface area contributed by atoms with Crippen molar-refractivity contribution >= 4 is 28.5 Å².